The van der Waals surface area contributed by atoms with Gasteiger partial charge in [0.1, 0.15) is 5.82 Å². The second-order valence-corrected chi connectivity index (χ2v) is 6.46. The quantitative estimate of drug-likeness (QED) is 0.872. The minimum Gasteiger partial charge on any atom is -0.347 e. The summed E-state index contributed by atoms with van der Waals surface area (Å²) >= 11 is 0. The second kappa shape index (κ2) is 7.96. The van der Waals surface area contributed by atoms with Gasteiger partial charge in [0.05, 0.1) is 12.6 Å². The van der Waals surface area contributed by atoms with Gasteiger partial charge in [-0.15, -0.1) is 0 Å². The Morgan fingerprint density at radius 3 is 2.76 bits per heavy atom. The Morgan fingerprint density at radius 2 is 2.08 bits per heavy atom. The molecule has 0 aliphatic carbocycles. The number of likely N-dealkylation sites (tertiary alicyclic amines) is 1. The van der Waals surface area contributed by atoms with Crippen LogP contribution in [0.3, 0.4) is 0 Å². The van der Waals surface area contributed by atoms with Crippen LogP contribution in [0, 0.1) is 0 Å². The molecule has 1 aromatic carbocycles. The van der Waals surface area contributed by atoms with E-state index in [1.165, 1.54) is 0 Å². The van der Waals surface area contributed by atoms with Crippen LogP contribution in [-0.2, 0) is 23.1 Å². The van der Waals surface area contributed by atoms with Crippen molar-refractivity contribution in [3.05, 3.63) is 54.1 Å². The first-order valence-corrected chi connectivity index (χ1v) is 8.72. The van der Waals surface area contributed by atoms with Crippen molar-refractivity contribution >= 4 is 11.8 Å². The van der Waals surface area contributed by atoms with Crippen LogP contribution in [0.25, 0.3) is 0 Å². The lowest BCUT2D eigenvalue weighted by Gasteiger charge is -2.27. The van der Waals surface area contributed by atoms with E-state index in [-0.39, 0.29) is 24.4 Å². The molecule has 1 N–H and O–H groups in total. The number of nitrogens with one attached hydrogen (secondary N) is 1. The summed E-state index contributed by atoms with van der Waals surface area (Å²) in [4.78, 5) is 30.5. The molecule has 25 heavy (non-hydrogen) atoms. The van der Waals surface area contributed by atoms with Crippen LogP contribution >= 0.6 is 0 Å². The van der Waals surface area contributed by atoms with Gasteiger partial charge in [0.2, 0.25) is 11.8 Å². The van der Waals surface area contributed by atoms with Crippen molar-refractivity contribution in [3.63, 3.8) is 0 Å². The van der Waals surface area contributed by atoms with Crippen molar-refractivity contribution in [1.82, 2.24) is 19.8 Å². The SMILES string of the molecule is Cn1ccnc1CC(NC(=O)CN1CCCCC1=O)c1ccccc1. The van der Waals surface area contributed by atoms with Crippen LogP contribution in [0.1, 0.15) is 36.7 Å². The minimum absolute atomic E-state index is 0.0711. The van der Waals surface area contributed by atoms with E-state index < -0.39 is 0 Å². The fourth-order valence-corrected chi connectivity index (χ4v) is 3.16. The highest BCUT2D eigenvalue weighted by atomic mass is 16.2. The molecule has 1 aliphatic heterocycles. The number of benzene rings is 1. The van der Waals surface area contributed by atoms with Gasteiger partial charge in [0.15, 0.2) is 0 Å². The molecule has 3 rings (SSSR count). The van der Waals surface area contributed by atoms with Crippen molar-refractivity contribution in [2.24, 2.45) is 7.05 Å². The Balaban J connectivity index is 1.69. The van der Waals surface area contributed by atoms with Gasteiger partial charge >= 0.3 is 0 Å². The summed E-state index contributed by atoms with van der Waals surface area (Å²) in [5.74, 6) is 0.850. The highest BCUT2D eigenvalue weighted by molar-refractivity contribution is 5.85. The zero-order valence-corrected chi connectivity index (χ0v) is 14.5. The third kappa shape index (κ3) is 4.47. The molecule has 0 bridgehead atoms. The van der Waals surface area contributed by atoms with E-state index in [1.807, 2.05) is 48.1 Å². The van der Waals surface area contributed by atoms with E-state index in [0.29, 0.717) is 19.4 Å². The van der Waals surface area contributed by atoms with Gasteiger partial charge in [0, 0.05) is 38.8 Å². The molecule has 1 aliphatic rings. The van der Waals surface area contributed by atoms with Gasteiger partial charge in [-0.05, 0) is 18.4 Å². The number of carbonyl (C=O) groups excluding carboxylic acids is 2. The van der Waals surface area contributed by atoms with Gasteiger partial charge < -0.3 is 14.8 Å². The number of piperidine rings is 1. The first-order valence-electron chi connectivity index (χ1n) is 8.72. The molecule has 1 atom stereocenters. The van der Waals surface area contributed by atoms with Crippen molar-refractivity contribution in [3.8, 4) is 0 Å². The Bertz CT molecular complexity index is 726. The van der Waals surface area contributed by atoms with Crippen LogP contribution in [0.2, 0.25) is 0 Å². The zero-order chi connectivity index (χ0) is 17.6. The third-order valence-electron chi connectivity index (χ3n) is 4.60. The Morgan fingerprint density at radius 1 is 1.28 bits per heavy atom. The normalized spacial score (nSPS) is 15.9. The summed E-state index contributed by atoms with van der Waals surface area (Å²) in [7, 11) is 1.94. The van der Waals surface area contributed by atoms with Crippen LogP contribution < -0.4 is 5.32 Å². The number of hydrogen-bond acceptors (Lipinski definition) is 3. The number of rotatable bonds is 6. The largest absolute Gasteiger partial charge is 0.347 e. The van der Waals surface area contributed by atoms with Crippen LogP contribution in [0.4, 0.5) is 0 Å². The number of imidazole rings is 1. The van der Waals surface area contributed by atoms with Crippen LogP contribution in [-0.4, -0.2) is 39.4 Å². The fraction of sp³-hybridized carbons (Fsp3) is 0.421. The molecule has 2 aromatic rings. The van der Waals surface area contributed by atoms with Gasteiger partial charge in [-0.1, -0.05) is 30.3 Å². The van der Waals surface area contributed by atoms with Gasteiger partial charge in [-0.3, -0.25) is 9.59 Å². The fourth-order valence-electron chi connectivity index (χ4n) is 3.16. The highest BCUT2D eigenvalue weighted by Gasteiger charge is 2.23. The zero-order valence-electron chi connectivity index (χ0n) is 14.5. The lowest BCUT2D eigenvalue weighted by molar-refractivity contribution is -0.138. The topological polar surface area (TPSA) is 67.2 Å². The number of aromatic nitrogens is 2. The molecule has 6 heteroatoms. The van der Waals surface area contributed by atoms with E-state index in [9.17, 15) is 9.59 Å². The molecular weight excluding hydrogens is 316 g/mol. The molecule has 0 saturated carbocycles. The van der Waals surface area contributed by atoms with Gasteiger partial charge in [-0.2, -0.15) is 0 Å². The average molecular weight is 340 g/mol. The lowest BCUT2D eigenvalue weighted by Crippen LogP contribution is -2.44. The van der Waals surface area contributed by atoms with E-state index >= 15 is 0 Å². The summed E-state index contributed by atoms with van der Waals surface area (Å²) in [6, 6.07) is 9.70. The maximum absolute atomic E-state index is 12.5. The molecule has 1 saturated heterocycles. The predicted molar refractivity (Wildman–Crippen MR) is 94.7 cm³/mol. The van der Waals surface area contributed by atoms with E-state index in [2.05, 4.69) is 10.3 Å². The van der Waals surface area contributed by atoms with Gasteiger partial charge in [0.25, 0.3) is 0 Å². The maximum Gasteiger partial charge on any atom is 0.240 e. The molecule has 6 nitrogen and oxygen atoms in total. The molecule has 2 heterocycles. The molecular formula is C19H24N4O2. The maximum atomic E-state index is 12.5. The monoisotopic (exact) mass is 340 g/mol. The van der Waals surface area contributed by atoms with Crippen molar-refractivity contribution in [1.29, 1.82) is 0 Å². The molecule has 0 radical (unpaired) electrons. The minimum atomic E-state index is -0.172. The average Bonchev–Trinajstić information content (AvgIpc) is 3.02. The highest BCUT2D eigenvalue weighted by Crippen LogP contribution is 2.18. The number of amides is 2. The number of hydrogen-bond donors (Lipinski definition) is 1. The first-order chi connectivity index (χ1) is 12.1. The Kier molecular flexibility index (Phi) is 5.48. The first kappa shape index (κ1) is 17.2. The Hall–Kier alpha value is -2.63. The van der Waals surface area contributed by atoms with Crippen molar-refractivity contribution in [2.45, 2.75) is 31.7 Å². The second-order valence-electron chi connectivity index (χ2n) is 6.46. The van der Waals surface area contributed by atoms with E-state index in [0.717, 1.165) is 24.2 Å². The summed E-state index contributed by atoms with van der Waals surface area (Å²) in [5.41, 5.74) is 1.03. The van der Waals surface area contributed by atoms with Crippen LogP contribution in [0.5, 0.6) is 0 Å². The number of nitrogens with zero attached hydrogens (tertiary/aromatic N) is 3. The summed E-state index contributed by atoms with van der Waals surface area (Å²) < 4.78 is 1.95. The standard InChI is InChI=1S/C19H24N4O2/c1-22-12-10-20-17(22)13-16(15-7-3-2-4-8-15)21-18(24)14-23-11-6-5-9-19(23)25/h2-4,7-8,10,12,16H,5-6,9,11,13-14H2,1H3,(H,21,24). The lowest BCUT2D eigenvalue weighted by atomic mass is 10.0. The molecule has 1 aromatic heterocycles. The van der Waals surface area contributed by atoms with Crippen molar-refractivity contribution < 1.29 is 9.59 Å². The molecule has 132 valence electrons. The number of aryl methyl sites for hydroxylation is 1. The van der Waals surface area contributed by atoms with Crippen molar-refractivity contribution in [2.75, 3.05) is 13.1 Å². The molecule has 1 unspecified atom stereocenters. The smallest absolute Gasteiger partial charge is 0.240 e. The Labute approximate surface area is 147 Å². The number of carbonyl (C=O) groups is 2. The van der Waals surface area contributed by atoms with Gasteiger partial charge in [-0.25, -0.2) is 4.98 Å². The summed E-state index contributed by atoms with van der Waals surface area (Å²) in [6.07, 6.45) is 6.68. The molecule has 1 fully saturated rings. The summed E-state index contributed by atoms with van der Waals surface area (Å²) in [5, 5.41) is 3.08. The molecule has 0 spiro atoms. The predicted octanol–water partition coefficient (Wildman–Crippen LogP) is 1.83. The third-order valence-corrected chi connectivity index (χ3v) is 4.60. The van der Waals surface area contributed by atoms with Crippen LogP contribution in [0.15, 0.2) is 42.7 Å². The molecule has 2 amide bonds. The van der Waals surface area contributed by atoms with E-state index in [1.54, 1.807) is 11.1 Å². The summed E-state index contributed by atoms with van der Waals surface area (Å²) in [6.45, 7) is 0.796. The van der Waals surface area contributed by atoms with E-state index in [4.69, 9.17) is 0 Å².